The Morgan fingerprint density at radius 3 is 2.38 bits per heavy atom. The third kappa shape index (κ3) is 4.90. The quantitative estimate of drug-likeness (QED) is 0.779. The van der Waals surface area contributed by atoms with Gasteiger partial charge in [0.05, 0.1) is 6.61 Å². The molecule has 0 saturated heterocycles. The minimum Gasteiger partial charge on any atom is -0.494 e. The SMILES string of the molecule is CCOc1ccc(NC(=O)[C@H](CC)Oc2ccc(Cl)c(C)c2)cc1. The maximum absolute atomic E-state index is 12.4. The first-order valence-corrected chi connectivity index (χ1v) is 8.37. The molecule has 0 saturated carbocycles. The van der Waals surface area contributed by atoms with Gasteiger partial charge >= 0.3 is 0 Å². The lowest BCUT2D eigenvalue weighted by Gasteiger charge is -2.18. The molecule has 128 valence electrons. The normalized spacial score (nSPS) is 11.7. The van der Waals surface area contributed by atoms with Crippen molar-refractivity contribution in [3.05, 3.63) is 53.1 Å². The smallest absolute Gasteiger partial charge is 0.265 e. The second kappa shape index (κ2) is 8.60. The van der Waals surface area contributed by atoms with Crippen molar-refractivity contribution in [1.82, 2.24) is 0 Å². The van der Waals surface area contributed by atoms with Crippen LogP contribution in [0.5, 0.6) is 11.5 Å². The van der Waals surface area contributed by atoms with Crippen LogP contribution in [0.15, 0.2) is 42.5 Å². The van der Waals surface area contributed by atoms with Crippen molar-refractivity contribution in [1.29, 1.82) is 0 Å². The molecule has 2 aromatic carbocycles. The Kier molecular flexibility index (Phi) is 6.50. The molecule has 0 aliphatic carbocycles. The Hall–Kier alpha value is -2.20. The van der Waals surface area contributed by atoms with Crippen LogP contribution in [0.3, 0.4) is 0 Å². The molecule has 24 heavy (non-hydrogen) atoms. The predicted octanol–water partition coefficient (Wildman–Crippen LogP) is 4.84. The van der Waals surface area contributed by atoms with Crippen LogP contribution in [0.4, 0.5) is 5.69 Å². The molecule has 0 aliphatic rings. The largest absolute Gasteiger partial charge is 0.494 e. The lowest BCUT2D eigenvalue weighted by molar-refractivity contribution is -0.122. The van der Waals surface area contributed by atoms with Gasteiger partial charge in [0.25, 0.3) is 5.91 Å². The third-order valence-corrected chi connectivity index (χ3v) is 3.93. The summed E-state index contributed by atoms with van der Waals surface area (Å²) in [5.74, 6) is 1.22. The molecule has 1 N–H and O–H groups in total. The first kappa shape index (κ1) is 18.1. The van der Waals surface area contributed by atoms with Gasteiger partial charge in [-0.05, 0) is 68.3 Å². The van der Waals surface area contributed by atoms with E-state index in [-0.39, 0.29) is 5.91 Å². The Bertz CT molecular complexity index is 686. The highest BCUT2D eigenvalue weighted by molar-refractivity contribution is 6.31. The first-order valence-electron chi connectivity index (χ1n) is 8.00. The second-order valence-electron chi connectivity index (χ2n) is 5.37. The van der Waals surface area contributed by atoms with Crippen molar-refractivity contribution >= 4 is 23.2 Å². The zero-order valence-electron chi connectivity index (χ0n) is 14.1. The number of hydrogen-bond donors (Lipinski definition) is 1. The molecule has 0 radical (unpaired) electrons. The van der Waals surface area contributed by atoms with Crippen molar-refractivity contribution in [2.45, 2.75) is 33.3 Å². The Labute approximate surface area is 147 Å². The molecule has 0 heterocycles. The van der Waals surface area contributed by atoms with Crippen molar-refractivity contribution in [2.24, 2.45) is 0 Å². The molecular formula is C19H22ClNO3. The number of nitrogens with one attached hydrogen (secondary N) is 1. The molecule has 1 atom stereocenters. The van der Waals surface area contributed by atoms with Gasteiger partial charge in [0.1, 0.15) is 11.5 Å². The number of rotatable bonds is 7. The van der Waals surface area contributed by atoms with Gasteiger partial charge in [0.2, 0.25) is 0 Å². The zero-order chi connectivity index (χ0) is 17.5. The molecule has 2 rings (SSSR count). The van der Waals surface area contributed by atoms with E-state index >= 15 is 0 Å². The maximum atomic E-state index is 12.4. The van der Waals surface area contributed by atoms with Crippen molar-refractivity contribution in [2.75, 3.05) is 11.9 Å². The standard InChI is InChI=1S/C19H22ClNO3/c1-4-18(24-16-10-11-17(20)13(3)12-16)19(22)21-14-6-8-15(9-7-14)23-5-2/h6-12,18H,4-5H2,1-3H3,(H,21,22)/t18-/m0/s1. The highest BCUT2D eigenvalue weighted by atomic mass is 35.5. The number of halogens is 1. The van der Waals surface area contributed by atoms with Crippen LogP contribution < -0.4 is 14.8 Å². The molecule has 1 amide bonds. The average molecular weight is 348 g/mol. The summed E-state index contributed by atoms with van der Waals surface area (Å²) in [4.78, 5) is 12.4. The van der Waals surface area contributed by atoms with Crippen LogP contribution in [0.1, 0.15) is 25.8 Å². The third-order valence-electron chi connectivity index (χ3n) is 3.50. The summed E-state index contributed by atoms with van der Waals surface area (Å²) in [6.45, 7) is 6.34. The van der Waals surface area contributed by atoms with E-state index in [0.717, 1.165) is 11.3 Å². The van der Waals surface area contributed by atoms with Gasteiger partial charge in [-0.3, -0.25) is 4.79 Å². The molecule has 0 unspecified atom stereocenters. The van der Waals surface area contributed by atoms with Crippen LogP contribution in [0.25, 0.3) is 0 Å². The van der Waals surface area contributed by atoms with Gasteiger partial charge in [-0.1, -0.05) is 18.5 Å². The van der Waals surface area contributed by atoms with E-state index in [0.29, 0.717) is 29.5 Å². The Balaban J connectivity index is 2.01. The number of ether oxygens (including phenoxy) is 2. The second-order valence-corrected chi connectivity index (χ2v) is 5.78. The number of carbonyl (C=O) groups excluding carboxylic acids is 1. The number of amides is 1. The lowest BCUT2D eigenvalue weighted by Crippen LogP contribution is -2.32. The summed E-state index contributed by atoms with van der Waals surface area (Å²) in [6.07, 6.45) is -0.0120. The Morgan fingerprint density at radius 1 is 1.12 bits per heavy atom. The first-order chi connectivity index (χ1) is 11.5. The van der Waals surface area contributed by atoms with Crippen molar-refractivity contribution in [3.8, 4) is 11.5 Å². The lowest BCUT2D eigenvalue weighted by atomic mass is 10.2. The van der Waals surface area contributed by atoms with Gasteiger partial charge in [-0.25, -0.2) is 0 Å². The molecule has 5 heteroatoms. The minimum atomic E-state index is -0.572. The van der Waals surface area contributed by atoms with Gasteiger partial charge in [-0.2, -0.15) is 0 Å². The summed E-state index contributed by atoms with van der Waals surface area (Å²) in [6, 6.07) is 12.6. The van der Waals surface area contributed by atoms with Crippen LogP contribution in [-0.2, 0) is 4.79 Å². The van der Waals surface area contributed by atoms with Crippen LogP contribution in [0.2, 0.25) is 5.02 Å². The van der Waals surface area contributed by atoms with E-state index in [9.17, 15) is 4.79 Å². The van der Waals surface area contributed by atoms with E-state index in [4.69, 9.17) is 21.1 Å². The van der Waals surface area contributed by atoms with Crippen LogP contribution >= 0.6 is 11.6 Å². The average Bonchev–Trinajstić information content (AvgIpc) is 2.57. The summed E-state index contributed by atoms with van der Waals surface area (Å²) >= 11 is 6.01. The number of hydrogen-bond acceptors (Lipinski definition) is 3. The number of benzene rings is 2. The molecule has 0 bridgehead atoms. The molecule has 4 nitrogen and oxygen atoms in total. The minimum absolute atomic E-state index is 0.186. The topological polar surface area (TPSA) is 47.6 Å². The van der Waals surface area contributed by atoms with E-state index < -0.39 is 6.10 Å². The van der Waals surface area contributed by atoms with E-state index in [1.165, 1.54) is 0 Å². The number of carbonyl (C=O) groups is 1. The van der Waals surface area contributed by atoms with Crippen molar-refractivity contribution < 1.29 is 14.3 Å². The monoisotopic (exact) mass is 347 g/mol. The van der Waals surface area contributed by atoms with Gasteiger partial charge in [0.15, 0.2) is 6.10 Å². The fourth-order valence-electron chi connectivity index (χ4n) is 2.20. The Morgan fingerprint density at radius 2 is 1.79 bits per heavy atom. The van der Waals surface area contributed by atoms with E-state index in [1.807, 2.05) is 51.1 Å². The highest BCUT2D eigenvalue weighted by Crippen LogP contribution is 2.23. The molecule has 0 aliphatic heterocycles. The van der Waals surface area contributed by atoms with Gasteiger partial charge in [-0.15, -0.1) is 0 Å². The van der Waals surface area contributed by atoms with Crippen LogP contribution in [-0.4, -0.2) is 18.6 Å². The van der Waals surface area contributed by atoms with Crippen molar-refractivity contribution in [3.63, 3.8) is 0 Å². The molecule has 0 fully saturated rings. The van der Waals surface area contributed by atoms with E-state index in [1.54, 1.807) is 12.1 Å². The number of aryl methyl sites for hydroxylation is 1. The maximum Gasteiger partial charge on any atom is 0.265 e. The summed E-state index contributed by atoms with van der Waals surface area (Å²) < 4.78 is 11.2. The van der Waals surface area contributed by atoms with Gasteiger partial charge < -0.3 is 14.8 Å². The van der Waals surface area contributed by atoms with Gasteiger partial charge in [0, 0.05) is 10.7 Å². The molecular weight excluding hydrogens is 326 g/mol. The fourth-order valence-corrected chi connectivity index (χ4v) is 2.32. The molecule has 0 aromatic heterocycles. The summed E-state index contributed by atoms with van der Waals surface area (Å²) in [7, 11) is 0. The molecule has 0 spiro atoms. The van der Waals surface area contributed by atoms with Crippen LogP contribution in [0, 0.1) is 6.92 Å². The molecule has 2 aromatic rings. The zero-order valence-corrected chi connectivity index (χ0v) is 14.9. The predicted molar refractivity (Wildman–Crippen MR) is 97.1 cm³/mol. The summed E-state index contributed by atoms with van der Waals surface area (Å²) in [5, 5.41) is 3.54. The number of anilines is 1. The van der Waals surface area contributed by atoms with E-state index in [2.05, 4.69) is 5.32 Å². The fraction of sp³-hybridized carbons (Fsp3) is 0.316. The highest BCUT2D eigenvalue weighted by Gasteiger charge is 2.18. The summed E-state index contributed by atoms with van der Waals surface area (Å²) in [5.41, 5.74) is 1.62.